The maximum absolute atomic E-state index is 11.4. The fraction of sp³-hybridized carbons (Fsp3) is 0.444. The van der Waals surface area contributed by atoms with Gasteiger partial charge in [0.1, 0.15) is 9.84 Å². The van der Waals surface area contributed by atoms with Crippen molar-refractivity contribution in [2.24, 2.45) is 0 Å². The van der Waals surface area contributed by atoms with E-state index in [1.165, 1.54) is 29.0 Å². The van der Waals surface area contributed by atoms with Crippen molar-refractivity contribution in [2.75, 3.05) is 25.1 Å². The van der Waals surface area contributed by atoms with E-state index in [-0.39, 0.29) is 5.75 Å². The summed E-state index contributed by atoms with van der Waals surface area (Å²) in [6.07, 6.45) is 4.65. The van der Waals surface area contributed by atoms with E-state index in [2.05, 4.69) is 47.4 Å². The minimum absolute atomic E-state index is 0.263. The zero-order valence-corrected chi connectivity index (χ0v) is 13.8. The van der Waals surface area contributed by atoms with Crippen LogP contribution in [0.25, 0.3) is 10.8 Å². The molecule has 1 saturated heterocycles. The molecular formula is C18H23NO2S. The van der Waals surface area contributed by atoms with E-state index in [1.807, 2.05) is 0 Å². The molecule has 1 fully saturated rings. The lowest BCUT2D eigenvalue weighted by molar-refractivity contribution is 0.267. The van der Waals surface area contributed by atoms with Crippen LogP contribution in [0.3, 0.4) is 0 Å². The van der Waals surface area contributed by atoms with Gasteiger partial charge in [-0.2, -0.15) is 0 Å². The van der Waals surface area contributed by atoms with Crippen molar-refractivity contribution in [3.8, 4) is 0 Å². The molecule has 2 aromatic carbocycles. The van der Waals surface area contributed by atoms with Gasteiger partial charge in [0.15, 0.2) is 0 Å². The van der Waals surface area contributed by atoms with Crippen LogP contribution in [0.15, 0.2) is 42.5 Å². The molecule has 0 spiro atoms. The number of nitrogens with zero attached hydrogens (tertiary/aromatic N) is 1. The van der Waals surface area contributed by atoms with E-state index in [1.54, 1.807) is 0 Å². The van der Waals surface area contributed by atoms with Crippen LogP contribution in [0.2, 0.25) is 0 Å². The molecule has 1 atom stereocenters. The van der Waals surface area contributed by atoms with Crippen molar-refractivity contribution >= 4 is 20.6 Å². The monoisotopic (exact) mass is 317 g/mol. The van der Waals surface area contributed by atoms with Crippen LogP contribution >= 0.6 is 0 Å². The zero-order chi connectivity index (χ0) is 15.6. The van der Waals surface area contributed by atoms with Crippen molar-refractivity contribution in [3.63, 3.8) is 0 Å². The zero-order valence-electron chi connectivity index (χ0n) is 13.0. The lowest BCUT2D eigenvalue weighted by Gasteiger charge is -2.24. The second-order valence-corrected chi connectivity index (χ2v) is 8.56. The van der Waals surface area contributed by atoms with Gasteiger partial charge in [-0.05, 0) is 42.1 Å². The quantitative estimate of drug-likeness (QED) is 0.851. The highest BCUT2D eigenvalue weighted by Gasteiger charge is 2.25. The number of likely N-dealkylation sites (tertiary alicyclic amines) is 1. The maximum Gasteiger partial charge on any atom is 0.148 e. The number of rotatable bonds is 5. The van der Waals surface area contributed by atoms with Crippen LogP contribution < -0.4 is 0 Å². The molecule has 0 bridgehead atoms. The lowest BCUT2D eigenvalue weighted by atomic mass is 9.98. The van der Waals surface area contributed by atoms with Gasteiger partial charge < -0.3 is 0 Å². The van der Waals surface area contributed by atoms with Crippen LogP contribution in [0.4, 0.5) is 0 Å². The third-order valence-corrected chi connectivity index (χ3v) is 5.51. The van der Waals surface area contributed by atoms with Gasteiger partial charge in [0.05, 0.1) is 5.75 Å². The van der Waals surface area contributed by atoms with Crippen LogP contribution in [0.5, 0.6) is 0 Å². The molecule has 1 heterocycles. The topological polar surface area (TPSA) is 37.4 Å². The summed E-state index contributed by atoms with van der Waals surface area (Å²) in [5.41, 5.74) is 1.37. The molecule has 1 aliphatic rings. The van der Waals surface area contributed by atoms with Gasteiger partial charge >= 0.3 is 0 Å². The number of fused-ring (bicyclic) bond motifs is 1. The van der Waals surface area contributed by atoms with Gasteiger partial charge in [-0.25, -0.2) is 8.42 Å². The molecule has 0 aliphatic carbocycles. The van der Waals surface area contributed by atoms with E-state index in [0.29, 0.717) is 12.6 Å². The molecule has 1 aliphatic heterocycles. The first kappa shape index (κ1) is 15.5. The van der Waals surface area contributed by atoms with Crippen molar-refractivity contribution in [2.45, 2.75) is 25.3 Å². The summed E-state index contributed by atoms with van der Waals surface area (Å²) < 4.78 is 22.8. The van der Waals surface area contributed by atoms with Gasteiger partial charge in [0.2, 0.25) is 0 Å². The number of hydrogen-bond acceptors (Lipinski definition) is 3. The van der Waals surface area contributed by atoms with Crippen LogP contribution in [0.1, 0.15) is 18.4 Å². The standard InChI is InChI=1S/C18H23NO2S/c1-22(20,21)13-12-19-11-5-9-17(19)14-16-8-4-7-15-6-2-3-10-18(15)16/h2-4,6-8,10,17H,5,9,11-14H2,1H3/t17-/m1/s1. The predicted molar refractivity (Wildman–Crippen MR) is 92.0 cm³/mol. The highest BCUT2D eigenvalue weighted by Crippen LogP contribution is 2.25. The molecule has 0 saturated carbocycles. The lowest BCUT2D eigenvalue weighted by Crippen LogP contribution is -2.35. The molecule has 0 aromatic heterocycles. The Balaban J connectivity index is 1.76. The van der Waals surface area contributed by atoms with Gasteiger partial charge in [-0.1, -0.05) is 42.5 Å². The summed E-state index contributed by atoms with van der Waals surface area (Å²) in [6.45, 7) is 1.68. The normalized spacial score (nSPS) is 19.8. The smallest absolute Gasteiger partial charge is 0.148 e. The van der Waals surface area contributed by atoms with Crippen LogP contribution in [-0.4, -0.2) is 44.5 Å². The van der Waals surface area contributed by atoms with Gasteiger partial charge in [0, 0.05) is 18.8 Å². The van der Waals surface area contributed by atoms with Crippen molar-refractivity contribution in [1.82, 2.24) is 4.90 Å². The Morgan fingerprint density at radius 1 is 1.14 bits per heavy atom. The Morgan fingerprint density at radius 3 is 2.73 bits per heavy atom. The first-order valence-corrected chi connectivity index (χ1v) is 9.97. The van der Waals surface area contributed by atoms with Crippen molar-refractivity contribution in [3.05, 3.63) is 48.0 Å². The number of benzene rings is 2. The summed E-state index contributed by atoms with van der Waals surface area (Å²) in [5, 5.41) is 2.60. The Bertz CT molecular complexity index is 749. The summed E-state index contributed by atoms with van der Waals surface area (Å²) in [5.74, 6) is 0.263. The summed E-state index contributed by atoms with van der Waals surface area (Å²) in [6, 6.07) is 15.4. The van der Waals surface area contributed by atoms with Gasteiger partial charge in [-0.15, -0.1) is 0 Å². The molecule has 22 heavy (non-hydrogen) atoms. The minimum Gasteiger partial charge on any atom is -0.299 e. The summed E-state index contributed by atoms with van der Waals surface area (Å²) in [7, 11) is -2.88. The van der Waals surface area contributed by atoms with Crippen LogP contribution in [-0.2, 0) is 16.3 Å². The highest BCUT2D eigenvalue weighted by molar-refractivity contribution is 7.90. The van der Waals surface area contributed by atoms with E-state index in [0.717, 1.165) is 19.4 Å². The molecule has 3 nitrogen and oxygen atoms in total. The Morgan fingerprint density at radius 2 is 1.91 bits per heavy atom. The molecule has 118 valence electrons. The molecule has 3 rings (SSSR count). The summed E-state index contributed by atoms with van der Waals surface area (Å²) >= 11 is 0. The largest absolute Gasteiger partial charge is 0.299 e. The average molecular weight is 317 g/mol. The SMILES string of the molecule is CS(=O)(=O)CCN1CCC[C@@H]1Cc1cccc2ccccc12. The minimum atomic E-state index is -2.88. The molecular weight excluding hydrogens is 294 g/mol. The first-order chi connectivity index (χ1) is 10.5. The third-order valence-electron chi connectivity index (χ3n) is 4.58. The molecule has 2 aromatic rings. The highest BCUT2D eigenvalue weighted by atomic mass is 32.2. The van der Waals surface area contributed by atoms with Gasteiger partial charge in [0.25, 0.3) is 0 Å². The van der Waals surface area contributed by atoms with E-state index >= 15 is 0 Å². The molecule has 0 N–H and O–H groups in total. The molecule has 0 amide bonds. The Kier molecular flexibility index (Phi) is 4.50. The summed E-state index contributed by atoms with van der Waals surface area (Å²) in [4.78, 5) is 2.35. The molecule has 0 unspecified atom stereocenters. The van der Waals surface area contributed by atoms with E-state index < -0.39 is 9.84 Å². The fourth-order valence-electron chi connectivity index (χ4n) is 3.43. The van der Waals surface area contributed by atoms with E-state index in [9.17, 15) is 8.42 Å². The second kappa shape index (κ2) is 6.39. The maximum atomic E-state index is 11.4. The first-order valence-electron chi connectivity index (χ1n) is 7.91. The fourth-order valence-corrected chi connectivity index (χ4v) is 3.99. The molecule has 4 heteroatoms. The average Bonchev–Trinajstić information content (AvgIpc) is 2.92. The third kappa shape index (κ3) is 3.68. The van der Waals surface area contributed by atoms with Crippen molar-refractivity contribution in [1.29, 1.82) is 0 Å². The predicted octanol–water partition coefficient (Wildman–Crippen LogP) is 2.89. The molecule has 0 radical (unpaired) electrons. The van der Waals surface area contributed by atoms with Gasteiger partial charge in [-0.3, -0.25) is 4.90 Å². The number of sulfone groups is 1. The Hall–Kier alpha value is -1.39. The second-order valence-electron chi connectivity index (χ2n) is 6.30. The Labute approximate surface area is 132 Å². The van der Waals surface area contributed by atoms with Crippen LogP contribution in [0, 0.1) is 0 Å². The van der Waals surface area contributed by atoms with Crippen molar-refractivity contribution < 1.29 is 8.42 Å². The van der Waals surface area contributed by atoms with E-state index in [4.69, 9.17) is 0 Å². The number of hydrogen-bond donors (Lipinski definition) is 0.